The summed E-state index contributed by atoms with van der Waals surface area (Å²) in [6.07, 6.45) is 11.1. The van der Waals surface area contributed by atoms with Gasteiger partial charge in [0, 0.05) is 11.8 Å². The molecule has 2 atom stereocenters. The van der Waals surface area contributed by atoms with Crippen molar-refractivity contribution in [3.63, 3.8) is 0 Å². The SMILES string of the molecule is CCCCC(CC)C[N+](C)(C)CC(CC)CCCC.O=S(=O)([O-])O. The Hall–Kier alpha value is -0.170. The van der Waals surface area contributed by atoms with E-state index in [4.69, 9.17) is 17.5 Å². The Morgan fingerprint density at radius 3 is 1.38 bits per heavy atom. The van der Waals surface area contributed by atoms with E-state index in [1.165, 1.54) is 68.9 Å². The molecule has 0 aromatic heterocycles. The Labute approximate surface area is 151 Å². The molecule has 5 nitrogen and oxygen atoms in total. The van der Waals surface area contributed by atoms with Gasteiger partial charge in [0.05, 0.1) is 27.2 Å². The fraction of sp³-hybridized carbons (Fsp3) is 1.00. The maximum absolute atomic E-state index is 8.63. The van der Waals surface area contributed by atoms with Crippen LogP contribution in [0.2, 0.25) is 0 Å². The van der Waals surface area contributed by atoms with Crippen molar-refractivity contribution in [2.24, 2.45) is 11.8 Å². The van der Waals surface area contributed by atoms with Crippen LogP contribution in [0.1, 0.15) is 79.1 Å². The summed E-state index contributed by atoms with van der Waals surface area (Å²) in [7, 11) is -0.0214. The fourth-order valence-corrected chi connectivity index (χ4v) is 3.31. The van der Waals surface area contributed by atoms with Crippen LogP contribution in [0, 0.1) is 11.8 Å². The van der Waals surface area contributed by atoms with Crippen molar-refractivity contribution in [1.82, 2.24) is 0 Å². The Morgan fingerprint density at radius 2 is 1.17 bits per heavy atom. The smallest absolute Gasteiger partial charge is 0.215 e. The Bertz CT molecular complexity index is 354. The number of hydrogen-bond acceptors (Lipinski definition) is 3. The molecule has 0 saturated heterocycles. The Morgan fingerprint density at radius 1 is 0.875 bits per heavy atom. The summed E-state index contributed by atoms with van der Waals surface area (Å²) < 4.78 is 34.1. The molecular weight excluding hydrogens is 326 g/mol. The molecule has 0 aliphatic carbocycles. The van der Waals surface area contributed by atoms with Crippen LogP contribution in [0.5, 0.6) is 0 Å². The Balaban J connectivity index is 0. The number of nitrogens with zero attached hydrogens (tertiary/aromatic N) is 1. The second kappa shape index (κ2) is 14.0. The lowest BCUT2D eigenvalue weighted by Gasteiger charge is -2.36. The quantitative estimate of drug-likeness (QED) is 0.313. The summed E-state index contributed by atoms with van der Waals surface area (Å²) in [5.74, 6) is 1.86. The molecule has 0 aromatic carbocycles. The summed E-state index contributed by atoms with van der Waals surface area (Å²) in [4.78, 5) is 0. The predicted octanol–water partition coefficient (Wildman–Crippen LogP) is 4.50. The molecule has 0 radical (unpaired) electrons. The zero-order valence-electron chi connectivity index (χ0n) is 16.8. The molecule has 0 aromatic rings. The molecule has 148 valence electrons. The van der Waals surface area contributed by atoms with E-state index in [0.29, 0.717) is 0 Å². The maximum atomic E-state index is 8.63. The van der Waals surface area contributed by atoms with Gasteiger partial charge in [0.1, 0.15) is 0 Å². The minimum atomic E-state index is -4.92. The van der Waals surface area contributed by atoms with Gasteiger partial charge in [0.15, 0.2) is 0 Å². The van der Waals surface area contributed by atoms with Crippen LogP contribution in [0.15, 0.2) is 0 Å². The van der Waals surface area contributed by atoms with Crippen molar-refractivity contribution in [3.8, 4) is 0 Å². The lowest BCUT2D eigenvalue weighted by molar-refractivity contribution is -0.897. The van der Waals surface area contributed by atoms with E-state index < -0.39 is 10.4 Å². The fourth-order valence-electron chi connectivity index (χ4n) is 3.31. The molecule has 1 N–H and O–H groups in total. The maximum Gasteiger partial charge on any atom is 0.215 e. The summed E-state index contributed by atoms with van der Waals surface area (Å²) in [6, 6.07) is 0. The Kier molecular flexibility index (Phi) is 15.3. The lowest BCUT2D eigenvalue weighted by Crippen LogP contribution is -2.46. The molecule has 0 rings (SSSR count). The molecule has 0 aliphatic rings. The number of rotatable bonds is 12. The standard InChI is InChI=1S/C18H40N.H2O4S/c1-7-11-13-17(9-3)15-19(5,6)16-18(10-4)14-12-8-2;1-5(2,3)4/h17-18H,7-16H2,1-6H3;(H2,1,2,3,4)/q+1;/p-1. The van der Waals surface area contributed by atoms with E-state index in [9.17, 15) is 0 Å². The van der Waals surface area contributed by atoms with Crippen LogP contribution in [0.4, 0.5) is 0 Å². The third-order valence-electron chi connectivity index (χ3n) is 4.59. The second-order valence-electron chi connectivity index (χ2n) is 7.56. The predicted molar refractivity (Wildman–Crippen MR) is 101 cm³/mol. The first-order valence-corrected chi connectivity index (χ1v) is 10.9. The van der Waals surface area contributed by atoms with Gasteiger partial charge < -0.3 is 9.04 Å². The highest BCUT2D eigenvalue weighted by molar-refractivity contribution is 7.79. The molecule has 0 saturated carbocycles. The van der Waals surface area contributed by atoms with Gasteiger partial charge in [0.25, 0.3) is 0 Å². The van der Waals surface area contributed by atoms with Crippen molar-refractivity contribution in [2.75, 3.05) is 27.2 Å². The van der Waals surface area contributed by atoms with Gasteiger partial charge in [-0.25, -0.2) is 8.42 Å². The summed E-state index contributed by atoms with van der Waals surface area (Å²) in [6.45, 7) is 12.1. The van der Waals surface area contributed by atoms with Crippen molar-refractivity contribution in [3.05, 3.63) is 0 Å². The van der Waals surface area contributed by atoms with Gasteiger partial charge in [-0.05, 0) is 25.7 Å². The van der Waals surface area contributed by atoms with E-state index in [-0.39, 0.29) is 0 Å². The van der Waals surface area contributed by atoms with Gasteiger partial charge >= 0.3 is 0 Å². The first-order valence-electron chi connectivity index (χ1n) is 9.49. The van der Waals surface area contributed by atoms with E-state index in [1.54, 1.807) is 0 Å². The van der Waals surface area contributed by atoms with Gasteiger partial charge in [-0.1, -0.05) is 53.4 Å². The average Bonchev–Trinajstić information content (AvgIpc) is 2.45. The van der Waals surface area contributed by atoms with E-state index in [2.05, 4.69) is 41.8 Å². The van der Waals surface area contributed by atoms with Crippen LogP contribution in [0.3, 0.4) is 0 Å². The summed E-state index contributed by atoms with van der Waals surface area (Å²) >= 11 is 0. The van der Waals surface area contributed by atoms with Gasteiger partial charge in [-0.3, -0.25) is 4.55 Å². The van der Waals surface area contributed by atoms with Crippen LogP contribution in [0.25, 0.3) is 0 Å². The molecule has 0 amide bonds. The summed E-state index contributed by atoms with van der Waals surface area (Å²) in [5, 5.41) is 0. The minimum absolute atomic E-state index is 0.929. The number of quaternary nitrogens is 1. The van der Waals surface area contributed by atoms with Gasteiger partial charge in [0.2, 0.25) is 10.4 Å². The monoisotopic (exact) mass is 367 g/mol. The largest absolute Gasteiger partial charge is 0.726 e. The van der Waals surface area contributed by atoms with Crippen molar-refractivity contribution in [1.29, 1.82) is 0 Å². The van der Waals surface area contributed by atoms with E-state index in [1.807, 2.05) is 0 Å². The average molecular weight is 368 g/mol. The zero-order chi connectivity index (χ0) is 19.2. The number of unbranched alkanes of at least 4 members (excludes halogenated alkanes) is 2. The van der Waals surface area contributed by atoms with Crippen molar-refractivity contribution >= 4 is 10.4 Å². The molecular formula is C18H41NO4S. The number of hydrogen-bond donors (Lipinski definition) is 1. The molecule has 0 heterocycles. The van der Waals surface area contributed by atoms with Crippen LogP contribution < -0.4 is 0 Å². The van der Waals surface area contributed by atoms with Gasteiger partial charge in [-0.15, -0.1) is 0 Å². The molecule has 0 fully saturated rings. The third kappa shape index (κ3) is 19.9. The van der Waals surface area contributed by atoms with E-state index in [0.717, 1.165) is 11.8 Å². The molecule has 0 aliphatic heterocycles. The van der Waals surface area contributed by atoms with Crippen molar-refractivity contribution in [2.45, 2.75) is 79.1 Å². The molecule has 2 unspecified atom stereocenters. The molecule has 0 spiro atoms. The van der Waals surface area contributed by atoms with Gasteiger partial charge in [-0.2, -0.15) is 0 Å². The highest BCUT2D eigenvalue weighted by atomic mass is 32.3. The van der Waals surface area contributed by atoms with Crippen LogP contribution in [-0.2, 0) is 10.4 Å². The van der Waals surface area contributed by atoms with E-state index >= 15 is 0 Å². The topological polar surface area (TPSA) is 77.4 Å². The first kappa shape index (κ1) is 26.1. The molecule has 0 bridgehead atoms. The zero-order valence-corrected chi connectivity index (χ0v) is 17.6. The normalized spacial score (nSPS) is 14.7. The first-order chi connectivity index (χ1) is 11.0. The summed E-state index contributed by atoms with van der Waals surface area (Å²) in [5.41, 5.74) is 0. The molecule has 24 heavy (non-hydrogen) atoms. The second-order valence-corrected chi connectivity index (χ2v) is 8.42. The van der Waals surface area contributed by atoms with Crippen LogP contribution >= 0.6 is 0 Å². The highest BCUT2D eigenvalue weighted by Crippen LogP contribution is 2.21. The minimum Gasteiger partial charge on any atom is -0.726 e. The molecule has 6 heteroatoms. The third-order valence-corrected chi connectivity index (χ3v) is 4.59. The lowest BCUT2D eigenvalue weighted by atomic mass is 9.95. The highest BCUT2D eigenvalue weighted by Gasteiger charge is 2.24. The van der Waals surface area contributed by atoms with Crippen molar-refractivity contribution < 1.29 is 22.0 Å². The van der Waals surface area contributed by atoms with Crippen LogP contribution in [-0.4, -0.2) is 49.2 Å².